The van der Waals surface area contributed by atoms with Gasteiger partial charge in [-0.05, 0) is 71.0 Å². The first kappa shape index (κ1) is 14.5. The Hall–Kier alpha value is -1.89. The molecule has 2 aromatic carbocycles. The molecule has 24 heavy (non-hydrogen) atoms. The molecule has 2 bridgehead atoms. The Morgan fingerprint density at radius 1 is 1.17 bits per heavy atom. The normalized spacial score (nSPS) is 30.5. The van der Waals surface area contributed by atoms with Crippen molar-refractivity contribution in [2.24, 2.45) is 11.8 Å². The number of rotatable bonds is 2. The summed E-state index contributed by atoms with van der Waals surface area (Å²) in [5, 5.41) is 2.72. The van der Waals surface area contributed by atoms with Crippen LogP contribution in [0, 0.1) is 11.8 Å². The van der Waals surface area contributed by atoms with Crippen LogP contribution in [0.5, 0.6) is 0 Å². The van der Waals surface area contributed by atoms with E-state index in [9.17, 15) is 4.79 Å². The van der Waals surface area contributed by atoms with Gasteiger partial charge in [0.05, 0.1) is 5.41 Å². The predicted octanol–water partition coefficient (Wildman–Crippen LogP) is 5.14. The van der Waals surface area contributed by atoms with Gasteiger partial charge in [0, 0.05) is 6.42 Å². The summed E-state index contributed by atoms with van der Waals surface area (Å²) >= 11 is 0. The molecule has 0 aliphatic heterocycles. The Balaban J connectivity index is 1.75. The van der Waals surface area contributed by atoms with Gasteiger partial charge in [-0.25, -0.2) is 0 Å². The van der Waals surface area contributed by atoms with Crippen LogP contribution in [-0.4, -0.2) is 5.78 Å². The maximum Gasteiger partial charge on any atom is 0.144 e. The van der Waals surface area contributed by atoms with Gasteiger partial charge in [0.1, 0.15) is 5.78 Å². The number of aryl methyl sites for hydroxylation is 2. The molecule has 1 nitrogen and oxygen atoms in total. The highest BCUT2D eigenvalue weighted by Crippen LogP contribution is 2.57. The van der Waals surface area contributed by atoms with Crippen LogP contribution >= 0.6 is 0 Å². The summed E-state index contributed by atoms with van der Waals surface area (Å²) in [6.07, 6.45) is 10.9. The van der Waals surface area contributed by atoms with Crippen molar-refractivity contribution in [2.45, 2.75) is 50.9 Å². The zero-order chi connectivity index (χ0) is 16.3. The molecule has 0 heterocycles. The maximum atomic E-state index is 13.0. The molecule has 2 aromatic rings. The molecule has 0 amide bonds. The lowest BCUT2D eigenvalue weighted by atomic mass is 9.62. The van der Waals surface area contributed by atoms with E-state index in [2.05, 4.69) is 49.4 Å². The average molecular weight is 316 g/mol. The second-order valence-corrected chi connectivity index (χ2v) is 7.98. The van der Waals surface area contributed by atoms with Crippen molar-refractivity contribution in [1.29, 1.82) is 0 Å². The van der Waals surface area contributed by atoms with Gasteiger partial charge in [0.15, 0.2) is 0 Å². The molecule has 1 fully saturated rings. The molecular formula is C23H24O. The van der Waals surface area contributed by atoms with Crippen molar-refractivity contribution in [3.05, 3.63) is 59.2 Å². The minimum atomic E-state index is -0.206. The van der Waals surface area contributed by atoms with E-state index < -0.39 is 0 Å². The van der Waals surface area contributed by atoms with Gasteiger partial charge >= 0.3 is 0 Å². The van der Waals surface area contributed by atoms with Gasteiger partial charge in [-0.3, -0.25) is 4.79 Å². The highest BCUT2D eigenvalue weighted by molar-refractivity contribution is 5.97. The Kier molecular flexibility index (Phi) is 3.04. The average Bonchev–Trinajstić information content (AvgIpc) is 3.20. The monoisotopic (exact) mass is 316 g/mol. The molecule has 0 N–H and O–H groups in total. The lowest BCUT2D eigenvalue weighted by Crippen LogP contribution is -2.43. The van der Waals surface area contributed by atoms with Crippen LogP contribution in [0.2, 0.25) is 0 Å². The predicted molar refractivity (Wildman–Crippen MR) is 98.3 cm³/mol. The van der Waals surface area contributed by atoms with E-state index >= 15 is 0 Å². The number of allylic oxidation sites excluding steroid dienone is 2. The summed E-state index contributed by atoms with van der Waals surface area (Å²) in [5.74, 6) is 1.55. The SMILES string of the molecule is CCCc1cccc2cc3c(cc12)CCC(=O)C31CC2C=CC1C2. The molecule has 5 rings (SSSR count). The minimum absolute atomic E-state index is 0.206. The smallest absolute Gasteiger partial charge is 0.144 e. The van der Waals surface area contributed by atoms with Gasteiger partial charge in [-0.1, -0.05) is 49.8 Å². The van der Waals surface area contributed by atoms with E-state index in [0.717, 1.165) is 25.7 Å². The zero-order valence-corrected chi connectivity index (χ0v) is 14.3. The zero-order valence-electron chi connectivity index (χ0n) is 14.3. The van der Waals surface area contributed by atoms with E-state index in [1.54, 1.807) is 0 Å². The summed E-state index contributed by atoms with van der Waals surface area (Å²) < 4.78 is 0. The molecule has 0 saturated heterocycles. The number of hydrogen-bond donors (Lipinski definition) is 0. The number of carbonyl (C=O) groups excluding carboxylic acids is 1. The molecule has 3 unspecified atom stereocenters. The molecule has 122 valence electrons. The maximum absolute atomic E-state index is 13.0. The molecule has 1 spiro atoms. The molecular weight excluding hydrogens is 292 g/mol. The van der Waals surface area contributed by atoms with E-state index in [0.29, 0.717) is 17.6 Å². The first-order valence-corrected chi connectivity index (χ1v) is 9.49. The first-order valence-electron chi connectivity index (χ1n) is 9.49. The second-order valence-electron chi connectivity index (χ2n) is 7.98. The highest BCUT2D eigenvalue weighted by atomic mass is 16.1. The Bertz CT molecular complexity index is 875. The number of benzene rings is 2. The van der Waals surface area contributed by atoms with Crippen LogP contribution in [0.4, 0.5) is 0 Å². The van der Waals surface area contributed by atoms with Gasteiger partial charge in [0.2, 0.25) is 0 Å². The summed E-state index contributed by atoms with van der Waals surface area (Å²) in [6.45, 7) is 2.24. The fourth-order valence-corrected chi connectivity index (χ4v) is 5.65. The third-order valence-corrected chi connectivity index (χ3v) is 6.70. The van der Waals surface area contributed by atoms with Crippen molar-refractivity contribution in [3.63, 3.8) is 0 Å². The van der Waals surface area contributed by atoms with Gasteiger partial charge in [-0.2, -0.15) is 0 Å². The largest absolute Gasteiger partial charge is 0.299 e. The fourth-order valence-electron chi connectivity index (χ4n) is 5.65. The third-order valence-electron chi connectivity index (χ3n) is 6.70. The molecule has 3 aliphatic carbocycles. The Morgan fingerprint density at radius 2 is 2.08 bits per heavy atom. The van der Waals surface area contributed by atoms with Gasteiger partial charge < -0.3 is 0 Å². The summed E-state index contributed by atoms with van der Waals surface area (Å²) in [6, 6.07) is 11.5. The summed E-state index contributed by atoms with van der Waals surface area (Å²) in [4.78, 5) is 13.0. The van der Waals surface area contributed by atoms with Crippen molar-refractivity contribution in [2.75, 3.05) is 0 Å². The Labute approximate surface area is 143 Å². The second kappa shape index (κ2) is 5.05. The minimum Gasteiger partial charge on any atom is -0.299 e. The summed E-state index contributed by atoms with van der Waals surface area (Å²) in [5.41, 5.74) is 4.04. The molecule has 0 aromatic heterocycles. The lowest BCUT2D eigenvalue weighted by Gasteiger charge is -2.40. The number of fused-ring (bicyclic) bond motifs is 6. The van der Waals surface area contributed by atoms with Crippen molar-refractivity contribution in [3.8, 4) is 0 Å². The van der Waals surface area contributed by atoms with E-state index in [1.165, 1.54) is 40.3 Å². The number of carbonyl (C=O) groups is 1. The van der Waals surface area contributed by atoms with Crippen LogP contribution in [0.15, 0.2) is 42.5 Å². The van der Waals surface area contributed by atoms with Crippen LogP contribution < -0.4 is 0 Å². The van der Waals surface area contributed by atoms with E-state index in [-0.39, 0.29) is 5.41 Å². The van der Waals surface area contributed by atoms with E-state index in [4.69, 9.17) is 0 Å². The van der Waals surface area contributed by atoms with Gasteiger partial charge in [-0.15, -0.1) is 0 Å². The highest BCUT2D eigenvalue weighted by Gasteiger charge is 2.55. The topological polar surface area (TPSA) is 17.1 Å². The van der Waals surface area contributed by atoms with Crippen molar-refractivity contribution in [1.82, 2.24) is 0 Å². The number of hydrogen-bond acceptors (Lipinski definition) is 1. The molecule has 1 saturated carbocycles. The van der Waals surface area contributed by atoms with Gasteiger partial charge in [0.25, 0.3) is 0 Å². The first-order chi connectivity index (χ1) is 11.7. The van der Waals surface area contributed by atoms with Crippen LogP contribution in [0.25, 0.3) is 10.8 Å². The molecule has 1 heteroatoms. The number of ketones is 1. The molecule has 0 radical (unpaired) electrons. The lowest BCUT2D eigenvalue weighted by molar-refractivity contribution is -0.126. The summed E-state index contributed by atoms with van der Waals surface area (Å²) in [7, 11) is 0. The van der Waals surface area contributed by atoms with Crippen molar-refractivity contribution < 1.29 is 4.79 Å². The fraction of sp³-hybridized carbons (Fsp3) is 0.435. The van der Waals surface area contributed by atoms with E-state index in [1.807, 2.05) is 0 Å². The third kappa shape index (κ3) is 1.79. The Morgan fingerprint density at radius 3 is 2.83 bits per heavy atom. The van der Waals surface area contributed by atoms with Crippen LogP contribution in [0.3, 0.4) is 0 Å². The quantitative estimate of drug-likeness (QED) is 0.701. The molecule has 3 atom stereocenters. The van der Waals surface area contributed by atoms with Crippen molar-refractivity contribution >= 4 is 16.6 Å². The van der Waals surface area contributed by atoms with Crippen LogP contribution in [0.1, 0.15) is 49.3 Å². The van der Waals surface area contributed by atoms with Crippen LogP contribution in [-0.2, 0) is 23.1 Å². The number of Topliss-reactive ketones (excluding diaryl/α,β-unsaturated/α-hetero) is 1. The molecule has 3 aliphatic rings. The standard InChI is InChI=1S/C23H24O/c1-2-4-16-5-3-6-17-13-21-18(12-20(16)17)8-10-22(24)23(21)14-15-7-9-19(23)11-15/h3,5-7,9,12-13,15,19H,2,4,8,10-11,14H2,1H3.